The van der Waals surface area contributed by atoms with Gasteiger partial charge in [-0.3, -0.25) is 4.40 Å². The van der Waals surface area contributed by atoms with Crippen molar-refractivity contribution in [3.63, 3.8) is 0 Å². The lowest BCUT2D eigenvalue weighted by molar-refractivity contribution is 0.415. The van der Waals surface area contributed by atoms with Gasteiger partial charge in [0.05, 0.1) is 12.6 Å². The van der Waals surface area contributed by atoms with Crippen LogP contribution in [0, 0.1) is 0 Å². The molecule has 0 aliphatic heterocycles. The summed E-state index contributed by atoms with van der Waals surface area (Å²) in [5.74, 6) is 1.67. The van der Waals surface area contributed by atoms with Gasteiger partial charge in [0.2, 0.25) is 0 Å². The van der Waals surface area contributed by atoms with Crippen LogP contribution in [0.5, 0.6) is 5.75 Å². The molecule has 0 saturated carbocycles. The van der Waals surface area contributed by atoms with Gasteiger partial charge in [-0.1, -0.05) is 18.2 Å². The van der Waals surface area contributed by atoms with Gasteiger partial charge in [0.1, 0.15) is 5.75 Å². The molecular formula is C17H13N3O. The first-order chi connectivity index (χ1) is 10.4. The maximum Gasteiger partial charge on any atom is 0.168 e. The molecule has 102 valence electrons. The summed E-state index contributed by atoms with van der Waals surface area (Å²) in [6.45, 7) is 0. The largest absolute Gasteiger partial charge is 0.497 e. The van der Waals surface area contributed by atoms with Crippen molar-refractivity contribution in [3.05, 3.63) is 60.7 Å². The van der Waals surface area contributed by atoms with Crippen molar-refractivity contribution in [3.8, 4) is 17.1 Å². The lowest BCUT2D eigenvalue weighted by Gasteiger charge is -2.05. The molecule has 0 amide bonds. The minimum atomic E-state index is 0.831. The van der Waals surface area contributed by atoms with Crippen LogP contribution < -0.4 is 4.74 Å². The Hall–Kier alpha value is -2.88. The monoisotopic (exact) mass is 275 g/mol. The predicted molar refractivity (Wildman–Crippen MR) is 82.5 cm³/mol. The van der Waals surface area contributed by atoms with Crippen LogP contribution in [-0.2, 0) is 0 Å². The Balaban J connectivity index is 2.01. The molecule has 0 aliphatic rings. The van der Waals surface area contributed by atoms with Crippen LogP contribution in [0.25, 0.3) is 27.9 Å². The van der Waals surface area contributed by atoms with E-state index in [2.05, 4.69) is 32.8 Å². The molecule has 0 saturated heterocycles. The number of para-hydroxylation sites is 1. The van der Waals surface area contributed by atoms with Crippen molar-refractivity contribution < 1.29 is 4.74 Å². The fourth-order valence-corrected chi connectivity index (χ4v) is 2.57. The van der Waals surface area contributed by atoms with Crippen LogP contribution >= 0.6 is 0 Å². The van der Waals surface area contributed by atoms with Crippen LogP contribution in [0.4, 0.5) is 0 Å². The Morgan fingerprint density at radius 3 is 2.48 bits per heavy atom. The van der Waals surface area contributed by atoms with Crippen LogP contribution in [0.1, 0.15) is 0 Å². The predicted octanol–water partition coefficient (Wildman–Crippen LogP) is 3.56. The molecule has 2 aromatic carbocycles. The molecule has 4 heteroatoms. The van der Waals surface area contributed by atoms with Gasteiger partial charge < -0.3 is 4.74 Å². The van der Waals surface area contributed by atoms with Crippen molar-refractivity contribution >= 4 is 16.6 Å². The topological polar surface area (TPSA) is 39.4 Å². The van der Waals surface area contributed by atoms with Gasteiger partial charge in [0.25, 0.3) is 0 Å². The highest BCUT2D eigenvalue weighted by molar-refractivity contribution is 5.83. The number of ether oxygens (including phenoxy) is 1. The molecule has 0 fully saturated rings. The molecule has 0 unspecified atom stereocenters. The Morgan fingerprint density at radius 2 is 1.67 bits per heavy atom. The van der Waals surface area contributed by atoms with E-state index in [0.29, 0.717) is 0 Å². The van der Waals surface area contributed by atoms with E-state index in [-0.39, 0.29) is 0 Å². The first-order valence-corrected chi connectivity index (χ1v) is 6.74. The molecule has 4 nitrogen and oxygen atoms in total. The molecule has 0 N–H and O–H groups in total. The summed E-state index contributed by atoms with van der Waals surface area (Å²) in [5, 5.41) is 9.78. The summed E-state index contributed by atoms with van der Waals surface area (Å²) >= 11 is 0. The summed E-state index contributed by atoms with van der Waals surface area (Å²) in [5.41, 5.74) is 2.96. The second-order valence-electron chi connectivity index (χ2n) is 4.84. The van der Waals surface area contributed by atoms with Crippen LogP contribution in [-0.4, -0.2) is 21.7 Å². The van der Waals surface area contributed by atoms with Gasteiger partial charge in [0, 0.05) is 5.56 Å². The second-order valence-corrected chi connectivity index (χ2v) is 4.84. The van der Waals surface area contributed by atoms with Crippen molar-refractivity contribution in [1.82, 2.24) is 14.6 Å². The number of hydrogen-bond acceptors (Lipinski definition) is 3. The fourth-order valence-electron chi connectivity index (χ4n) is 2.57. The molecule has 4 aromatic rings. The Bertz CT molecular complexity index is 926. The summed E-state index contributed by atoms with van der Waals surface area (Å²) < 4.78 is 7.28. The number of pyridine rings is 1. The van der Waals surface area contributed by atoms with Gasteiger partial charge in [0.15, 0.2) is 11.5 Å². The minimum Gasteiger partial charge on any atom is -0.497 e. The maximum atomic E-state index is 5.20. The number of fused-ring (bicyclic) bond motifs is 3. The van der Waals surface area contributed by atoms with Crippen LogP contribution in [0.3, 0.4) is 0 Å². The molecule has 0 bridgehead atoms. The van der Waals surface area contributed by atoms with E-state index in [1.807, 2.05) is 42.5 Å². The molecule has 4 rings (SSSR count). The van der Waals surface area contributed by atoms with Crippen molar-refractivity contribution in [2.45, 2.75) is 0 Å². The van der Waals surface area contributed by atoms with Gasteiger partial charge in [-0.05, 0) is 47.9 Å². The third kappa shape index (κ3) is 1.84. The molecule has 2 aromatic heterocycles. The summed E-state index contributed by atoms with van der Waals surface area (Å²) in [7, 11) is 1.66. The zero-order valence-electron chi connectivity index (χ0n) is 11.5. The first-order valence-electron chi connectivity index (χ1n) is 6.74. The lowest BCUT2D eigenvalue weighted by Crippen LogP contribution is -1.92. The number of rotatable bonds is 2. The molecule has 2 heterocycles. The highest BCUT2D eigenvalue weighted by Gasteiger charge is 2.10. The number of nitrogens with zero attached hydrogens (tertiary/aromatic N) is 3. The van der Waals surface area contributed by atoms with E-state index < -0.39 is 0 Å². The first kappa shape index (κ1) is 11.9. The third-order valence-corrected chi connectivity index (χ3v) is 3.63. The van der Waals surface area contributed by atoms with E-state index in [1.165, 1.54) is 5.39 Å². The number of aromatic nitrogens is 3. The Kier molecular flexibility index (Phi) is 2.60. The van der Waals surface area contributed by atoms with E-state index in [1.54, 1.807) is 7.11 Å². The summed E-state index contributed by atoms with van der Waals surface area (Å²) in [6.07, 6.45) is 0. The van der Waals surface area contributed by atoms with E-state index in [4.69, 9.17) is 4.74 Å². The molecule has 0 spiro atoms. The molecule has 21 heavy (non-hydrogen) atoms. The zero-order valence-corrected chi connectivity index (χ0v) is 11.5. The van der Waals surface area contributed by atoms with Gasteiger partial charge in [-0.15, -0.1) is 10.2 Å². The normalized spacial score (nSPS) is 11.1. The van der Waals surface area contributed by atoms with Crippen molar-refractivity contribution in [1.29, 1.82) is 0 Å². The van der Waals surface area contributed by atoms with E-state index in [0.717, 1.165) is 28.3 Å². The standard InChI is InChI=1S/C17H13N3O/c1-21-14-9-6-13(7-10-14)17-19-18-16-11-8-12-4-2-3-5-15(12)20(16)17/h2-11H,1H3. The van der Waals surface area contributed by atoms with Crippen molar-refractivity contribution in [2.75, 3.05) is 7.11 Å². The number of methoxy groups -OCH3 is 1. The van der Waals surface area contributed by atoms with Gasteiger partial charge in [-0.2, -0.15) is 0 Å². The Morgan fingerprint density at radius 1 is 0.857 bits per heavy atom. The van der Waals surface area contributed by atoms with Crippen LogP contribution in [0.2, 0.25) is 0 Å². The number of hydrogen-bond donors (Lipinski definition) is 0. The average Bonchev–Trinajstić information content (AvgIpc) is 2.99. The van der Waals surface area contributed by atoms with Crippen molar-refractivity contribution in [2.24, 2.45) is 0 Å². The molecule has 0 radical (unpaired) electrons. The highest BCUT2D eigenvalue weighted by atomic mass is 16.5. The highest BCUT2D eigenvalue weighted by Crippen LogP contribution is 2.25. The summed E-state index contributed by atoms with van der Waals surface area (Å²) in [6, 6.07) is 20.1. The SMILES string of the molecule is COc1ccc(-c2nnc3ccc4ccccc4n23)cc1. The van der Waals surface area contributed by atoms with Crippen LogP contribution in [0.15, 0.2) is 60.7 Å². The molecule has 0 aliphatic carbocycles. The van der Waals surface area contributed by atoms with Gasteiger partial charge in [-0.25, -0.2) is 0 Å². The van der Waals surface area contributed by atoms with E-state index in [9.17, 15) is 0 Å². The number of benzene rings is 2. The average molecular weight is 275 g/mol. The van der Waals surface area contributed by atoms with Gasteiger partial charge >= 0.3 is 0 Å². The fraction of sp³-hybridized carbons (Fsp3) is 0.0588. The quantitative estimate of drug-likeness (QED) is 0.561. The zero-order chi connectivity index (χ0) is 14.2. The summed E-state index contributed by atoms with van der Waals surface area (Å²) in [4.78, 5) is 0. The molecular weight excluding hydrogens is 262 g/mol. The second kappa shape index (κ2) is 4.59. The molecule has 0 atom stereocenters. The smallest absolute Gasteiger partial charge is 0.168 e. The lowest BCUT2D eigenvalue weighted by atomic mass is 10.2. The Labute approximate surface area is 121 Å². The maximum absolute atomic E-state index is 5.20. The minimum absolute atomic E-state index is 0.831. The third-order valence-electron chi connectivity index (χ3n) is 3.63. The van der Waals surface area contributed by atoms with E-state index >= 15 is 0 Å².